The van der Waals surface area contributed by atoms with Crippen molar-refractivity contribution in [3.63, 3.8) is 0 Å². The molecule has 1 atom stereocenters. The summed E-state index contributed by atoms with van der Waals surface area (Å²) in [5.74, 6) is 0.346. The number of hydrogen-bond acceptors (Lipinski definition) is 3. The number of benzene rings is 1. The van der Waals surface area contributed by atoms with Gasteiger partial charge in [-0.3, -0.25) is 0 Å². The molecule has 1 aromatic carbocycles. The molecule has 0 saturated carbocycles. The van der Waals surface area contributed by atoms with Crippen LogP contribution in [-0.4, -0.2) is 18.1 Å². The summed E-state index contributed by atoms with van der Waals surface area (Å²) in [7, 11) is 0. The van der Waals surface area contributed by atoms with Gasteiger partial charge >= 0.3 is 0 Å². The van der Waals surface area contributed by atoms with Gasteiger partial charge in [0.25, 0.3) is 0 Å². The van der Waals surface area contributed by atoms with E-state index in [0.29, 0.717) is 17.0 Å². The van der Waals surface area contributed by atoms with Gasteiger partial charge in [-0.25, -0.2) is 9.37 Å². The number of rotatable bonds is 4. The van der Waals surface area contributed by atoms with Crippen molar-refractivity contribution < 1.29 is 4.39 Å². The Morgan fingerprint density at radius 1 is 1.43 bits per heavy atom. The molecule has 0 spiro atoms. The van der Waals surface area contributed by atoms with E-state index in [1.54, 1.807) is 24.3 Å². The first-order chi connectivity index (χ1) is 10.2. The zero-order valence-electron chi connectivity index (χ0n) is 12.6. The molecular formula is C17H21FN2S. The summed E-state index contributed by atoms with van der Waals surface area (Å²) >= 11 is 1.67. The third kappa shape index (κ3) is 2.87. The zero-order valence-corrected chi connectivity index (χ0v) is 13.4. The van der Waals surface area contributed by atoms with Crippen LogP contribution in [0.4, 0.5) is 4.39 Å². The third-order valence-corrected chi connectivity index (χ3v) is 5.30. The monoisotopic (exact) mass is 304 g/mol. The largest absolute Gasteiger partial charge is 0.316 e. The maximum absolute atomic E-state index is 14.3. The van der Waals surface area contributed by atoms with Crippen LogP contribution in [0.15, 0.2) is 18.2 Å². The van der Waals surface area contributed by atoms with Crippen LogP contribution in [0, 0.1) is 12.7 Å². The summed E-state index contributed by atoms with van der Waals surface area (Å²) < 4.78 is 14.3. The van der Waals surface area contributed by atoms with E-state index in [1.165, 1.54) is 23.4 Å². The Labute approximate surface area is 129 Å². The molecule has 3 rings (SSSR count). The van der Waals surface area contributed by atoms with Crippen molar-refractivity contribution in [2.24, 2.45) is 0 Å². The van der Waals surface area contributed by atoms with E-state index in [0.717, 1.165) is 24.5 Å². The summed E-state index contributed by atoms with van der Waals surface area (Å²) in [5.41, 5.74) is 2.53. The molecule has 0 saturated heterocycles. The molecule has 4 heteroatoms. The highest BCUT2D eigenvalue weighted by atomic mass is 32.1. The van der Waals surface area contributed by atoms with Crippen molar-refractivity contribution in [3.05, 3.63) is 40.2 Å². The van der Waals surface area contributed by atoms with Crippen molar-refractivity contribution in [1.82, 2.24) is 10.3 Å². The summed E-state index contributed by atoms with van der Waals surface area (Å²) in [5, 5.41) is 4.26. The molecule has 21 heavy (non-hydrogen) atoms. The minimum atomic E-state index is -0.133. The molecule has 2 nitrogen and oxygen atoms in total. The zero-order chi connectivity index (χ0) is 14.8. The maximum Gasteiger partial charge on any atom is 0.136 e. The molecule has 112 valence electrons. The number of nitrogens with one attached hydrogen (secondary N) is 1. The van der Waals surface area contributed by atoms with Gasteiger partial charge in [-0.05, 0) is 44.4 Å². The van der Waals surface area contributed by atoms with Crippen molar-refractivity contribution in [2.75, 3.05) is 13.1 Å². The van der Waals surface area contributed by atoms with E-state index in [9.17, 15) is 4.39 Å². The lowest BCUT2D eigenvalue weighted by Gasteiger charge is -2.21. The quantitative estimate of drug-likeness (QED) is 0.911. The molecule has 0 fully saturated rings. The second-order valence-corrected chi connectivity index (χ2v) is 6.74. The fraction of sp³-hybridized carbons (Fsp3) is 0.471. The first-order valence-electron chi connectivity index (χ1n) is 7.66. The molecule has 1 aliphatic carbocycles. The van der Waals surface area contributed by atoms with Crippen LogP contribution >= 0.6 is 11.3 Å². The van der Waals surface area contributed by atoms with Crippen molar-refractivity contribution in [2.45, 2.75) is 39.0 Å². The molecule has 0 amide bonds. The molecule has 0 radical (unpaired) electrons. The molecular weight excluding hydrogens is 283 g/mol. The molecule has 0 aliphatic heterocycles. The molecule has 1 N–H and O–H groups in total. The average molecular weight is 304 g/mol. The Balaban J connectivity index is 1.96. The van der Waals surface area contributed by atoms with Gasteiger partial charge in [0.05, 0.1) is 5.69 Å². The van der Waals surface area contributed by atoms with Crippen molar-refractivity contribution >= 4 is 11.3 Å². The minimum absolute atomic E-state index is 0.133. The Morgan fingerprint density at radius 3 is 3.10 bits per heavy atom. The van der Waals surface area contributed by atoms with Gasteiger partial charge in [-0.15, -0.1) is 11.3 Å². The fourth-order valence-corrected chi connectivity index (χ4v) is 4.16. The van der Waals surface area contributed by atoms with Crippen LogP contribution in [0.25, 0.3) is 10.6 Å². The average Bonchev–Trinajstić information content (AvgIpc) is 2.92. The van der Waals surface area contributed by atoms with Crippen molar-refractivity contribution in [3.8, 4) is 10.6 Å². The van der Waals surface area contributed by atoms with E-state index in [2.05, 4.69) is 12.2 Å². The van der Waals surface area contributed by atoms with Crippen LogP contribution in [0.2, 0.25) is 0 Å². The van der Waals surface area contributed by atoms with Gasteiger partial charge in [0.15, 0.2) is 0 Å². The SMILES string of the molecule is CCNCC1CCCc2sc(-c3cccc(C)c3F)nc21. The van der Waals surface area contributed by atoms with E-state index in [-0.39, 0.29) is 5.82 Å². The Bertz CT molecular complexity index is 636. The van der Waals surface area contributed by atoms with Gasteiger partial charge in [0.2, 0.25) is 0 Å². The van der Waals surface area contributed by atoms with E-state index in [1.807, 2.05) is 12.1 Å². The molecule has 1 aromatic heterocycles. The maximum atomic E-state index is 14.3. The second-order valence-electron chi connectivity index (χ2n) is 5.66. The van der Waals surface area contributed by atoms with Crippen LogP contribution in [0.5, 0.6) is 0 Å². The lowest BCUT2D eigenvalue weighted by molar-refractivity contribution is 0.509. The van der Waals surface area contributed by atoms with Crippen LogP contribution in [0.1, 0.15) is 41.8 Å². The molecule has 1 aliphatic rings. The number of thiazole rings is 1. The lowest BCUT2D eigenvalue weighted by Crippen LogP contribution is -2.23. The number of halogens is 1. The number of fused-ring (bicyclic) bond motifs is 1. The lowest BCUT2D eigenvalue weighted by atomic mass is 9.91. The van der Waals surface area contributed by atoms with Crippen molar-refractivity contribution in [1.29, 1.82) is 0 Å². The van der Waals surface area contributed by atoms with Crippen LogP contribution in [0.3, 0.4) is 0 Å². The number of nitrogens with zero attached hydrogens (tertiary/aromatic N) is 1. The fourth-order valence-electron chi connectivity index (χ4n) is 2.95. The van der Waals surface area contributed by atoms with Gasteiger partial charge in [0, 0.05) is 22.9 Å². The highest BCUT2D eigenvalue weighted by Crippen LogP contribution is 2.38. The molecule has 0 bridgehead atoms. The van der Waals surface area contributed by atoms with Gasteiger partial charge < -0.3 is 5.32 Å². The van der Waals surface area contributed by atoms with Gasteiger partial charge in [0.1, 0.15) is 10.8 Å². The van der Waals surface area contributed by atoms with E-state index >= 15 is 0 Å². The summed E-state index contributed by atoms with van der Waals surface area (Å²) in [4.78, 5) is 6.14. The topological polar surface area (TPSA) is 24.9 Å². The molecule has 1 unspecified atom stereocenters. The highest BCUT2D eigenvalue weighted by Gasteiger charge is 2.25. The number of likely N-dealkylation sites (N-methyl/N-ethyl adjacent to an activating group) is 1. The molecule has 1 heterocycles. The van der Waals surface area contributed by atoms with Gasteiger partial charge in [-0.1, -0.05) is 19.1 Å². The number of hydrogen-bond donors (Lipinski definition) is 1. The Hall–Kier alpha value is -1.26. The third-order valence-electron chi connectivity index (χ3n) is 4.13. The smallest absolute Gasteiger partial charge is 0.136 e. The van der Waals surface area contributed by atoms with Gasteiger partial charge in [-0.2, -0.15) is 0 Å². The number of aryl methyl sites for hydroxylation is 2. The number of aromatic nitrogens is 1. The van der Waals surface area contributed by atoms with E-state index < -0.39 is 0 Å². The first-order valence-corrected chi connectivity index (χ1v) is 8.48. The van der Waals surface area contributed by atoms with E-state index in [4.69, 9.17) is 4.98 Å². The normalized spacial score (nSPS) is 17.8. The Kier molecular flexibility index (Phi) is 4.36. The highest BCUT2D eigenvalue weighted by molar-refractivity contribution is 7.15. The summed E-state index contributed by atoms with van der Waals surface area (Å²) in [6, 6.07) is 5.55. The standard InChI is InChI=1S/C17H21FN2S/c1-3-19-10-12-7-5-9-14-16(12)20-17(21-14)13-8-4-6-11(2)15(13)18/h4,6,8,12,19H,3,5,7,9-10H2,1-2H3. The van der Waals surface area contributed by atoms with Crippen LogP contribution < -0.4 is 5.32 Å². The van der Waals surface area contributed by atoms with Crippen LogP contribution in [-0.2, 0) is 6.42 Å². The second kappa shape index (κ2) is 6.24. The predicted molar refractivity (Wildman–Crippen MR) is 86.5 cm³/mol. The Morgan fingerprint density at radius 2 is 2.29 bits per heavy atom. The summed E-state index contributed by atoms with van der Waals surface area (Å²) in [6.07, 6.45) is 3.48. The first kappa shape index (κ1) is 14.7. The predicted octanol–water partition coefficient (Wildman–Crippen LogP) is 4.29. The minimum Gasteiger partial charge on any atom is -0.316 e. The summed E-state index contributed by atoms with van der Waals surface area (Å²) in [6.45, 7) is 5.89. The molecule has 2 aromatic rings.